The van der Waals surface area contributed by atoms with Crippen LogP contribution in [-0.4, -0.2) is 37.6 Å². The van der Waals surface area contributed by atoms with E-state index in [9.17, 15) is 0 Å². The van der Waals surface area contributed by atoms with Crippen molar-refractivity contribution in [1.29, 1.82) is 0 Å². The third-order valence-electron chi connectivity index (χ3n) is 3.54. The molecule has 0 aliphatic heterocycles. The third kappa shape index (κ3) is 5.40. The van der Waals surface area contributed by atoms with Gasteiger partial charge in [0.2, 0.25) is 5.95 Å². The Balaban J connectivity index is 0.00000208. The quantitative estimate of drug-likeness (QED) is 0.635. The van der Waals surface area contributed by atoms with Crippen molar-refractivity contribution < 1.29 is 0 Å². The zero-order valence-electron chi connectivity index (χ0n) is 13.4. The smallest absolute Gasteiger partial charge is 0.235 e. The number of hydrogen-bond donors (Lipinski definition) is 1. The van der Waals surface area contributed by atoms with Crippen LogP contribution in [0.1, 0.15) is 17.7 Å². The highest BCUT2D eigenvalue weighted by molar-refractivity contribution is 5.85. The van der Waals surface area contributed by atoms with Gasteiger partial charge in [0.05, 0.1) is 0 Å². The van der Waals surface area contributed by atoms with E-state index in [1.54, 1.807) is 18.7 Å². The number of halogens is 1. The van der Waals surface area contributed by atoms with Crippen LogP contribution in [-0.2, 0) is 12.8 Å². The molecule has 126 valence electrons. The molecule has 3 aromatic heterocycles. The lowest BCUT2D eigenvalue weighted by atomic mass is 10.1. The van der Waals surface area contributed by atoms with E-state index in [1.807, 2.05) is 35.3 Å². The van der Waals surface area contributed by atoms with E-state index in [4.69, 9.17) is 0 Å². The first-order valence-electron chi connectivity index (χ1n) is 7.82. The van der Waals surface area contributed by atoms with Gasteiger partial charge in [-0.3, -0.25) is 9.55 Å². The highest BCUT2D eigenvalue weighted by atomic mass is 35.5. The maximum atomic E-state index is 4.54. The van der Waals surface area contributed by atoms with Gasteiger partial charge in [-0.1, -0.05) is 6.07 Å². The molecule has 0 aromatic carbocycles. The van der Waals surface area contributed by atoms with E-state index >= 15 is 0 Å². The predicted octanol–water partition coefficient (Wildman–Crippen LogP) is 2.24. The van der Waals surface area contributed by atoms with Crippen molar-refractivity contribution in [2.24, 2.45) is 0 Å². The molecule has 0 saturated heterocycles. The molecule has 3 aromatic rings. The second kappa shape index (κ2) is 9.75. The van der Waals surface area contributed by atoms with Gasteiger partial charge in [-0.05, 0) is 37.1 Å². The predicted molar refractivity (Wildman–Crippen MR) is 95.5 cm³/mol. The van der Waals surface area contributed by atoms with Crippen LogP contribution in [0.2, 0.25) is 0 Å². The first-order valence-corrected chi connectivity index (χ1v) is 7.82. The van der Waals surface area contributed by atoms with E-state index in [1.165, 1.54) is 5.56 Å². The molecular formula is C17H21ClN6. The fourth-order valence-electron chi connectivity index (χ4n) is 2.33. The minimum atomic E-state index is 0. The first-order chi connectivity index (χ1) is 11.4. The molecule has 24 heavy (non-hydrogen) atoms. The molecule has 0 aliphatic carbocycles. The van der Waals surface area contributed by atoms with Gasteiger partial charge < -0.3 is 5.32 Å². The summed E-state index contributed by atoms with van der Waals surface area (Å²) >= 11 is 0. The van der Waals surface area contributed by atoms with Crippen molar-refractivity contribution in [2.45, 2.75) is 19.3 Å². The standard InChI is InChI=1S/C17H20N6.ClH/c1(3-15-4-2-8-19-13-15)7-18-9-5-16-6-10-21-17(22-16)23-12-11-20-14-23;/h2,4,6,8,10-14,18H,1,3,5,7,9H2;1H. The molecule has 0 atom stereocenters. The molecule has 0 fully saturated rings. The summed E-state index contributed by atoms with van der Waals surface area (Å²) in [5.41, 5.74) is 2.32. The van der Waals surface area contributed by atoms with Crippen LogP contribution in [0.25, 0.3) is 5.95 Å². The van der Waals surface area contributed by atoms with Crippen molar-refractivity contribution in [2.75, 3.05) is 13.1 Å². The summed E-state index contributed by atoms with van der Waals surface area (Å²) in [4.78, 5) is 16.9. The number of nitrogens with zero attached hydrogens (tertiary/aromatic N) is 5. The van der Waals surface area contributed by atoms with Crippen LogP contribution in [0.3, 0.4) is 0 Å². The molecule has 6 nitrogen and oxygen atoms in total. The van der Waals surface area contributed by atoms with Crippen LogP contribution in [0.15, 0.2) is 55.5 Å². The van der Waals surface area contributed by atoms with E-state index in [0.717, 1.165) is 38.0 Å². The van der Waals surface area contributed by atoms with Gasteiger partial charge in [0.1, 0.15) is 6.33 Å². The van der Waals surface area contributed by atoms with Crippen molar-refractivity contribution in [1.82, 2.24) is 29.8 Å². The summed E-state index contributed by atoms with van der Waals surface area (Å²) in [6.07, 6.45) is 13.8. The molecule has 7 heteroatoms. The molecule has 0 aliphatic rings. The molecule has 1 N–H and O–H groups in total. The topological polar surface area (TPSA) is 68.5 Å². The third-order valence-corrected chi connectivity index (χ3v) is 3.54. The summed E-state index contributed by atoms with van der Waals surface area (Å²) in [6.45, 7) is 1.90. The van der Waals surface area contributed by atoms with Crippen LogP contribution in [0.5, 0.6) is 0 Å². The number of aryl methyl sites for hydroxylation is 1. The fraction of sp³-hybridized carbons (Fsp3) is 0.294. The minimum Gasteiger partial charge on any atom is -0.316 e. The normalized spacial score (nSPS) is 10.3. The number of rotatable bonds is 8. The Labute approximate surface area is 147 Å². The maximum absolute atomic E-state index is 4.54. The summed E-state index contributed by atoms with van der Waals surface area (Å²) in [7, 11) is 0. The lowest BCUT2D eigenvalue weighted by Crippen LogP contribution is -2.19. The molecule has 0 spiro atoms. The van der Waals surface area contributed by atoms with Gasteiger partial charge in [0, 0.05) is 49.6 Å². The van der Waals surface area contributed by atoms with Crippen LogP contribution >= 0.6 is 12.4 Å². The molecule has 0 bridgehead atoms. The van der Waals surface area contributed by atoms with Crippen LogP contribution < -0.4 is 5.32 Å². The Morgan fingerprint density at radius 1 is 1.00 bits per heavy atom. The van der Waals surface area contributed by atoms with Crippen molar-refractivity contribution in [3.05, 3.63) is 66.8 Å². The Kier molecular flexibility index (Phi) is 7.32. The molecule has 0 saturated carbocycles. The van der Waals surface area contributed by atoms with Gasteiger partial charge >= 0.3 is 0 Å². The molecular weight excluding hydrogens is 324 g/mol. The molecule has 0 unspecified atom stereocenters. The largest absolute Gasteiger partial charge is 0.316 e. The average molecular weight is 345 g/mol. The van der Waals surface area contributed by atoms with E-state index in [0.29, 0.717) is 5.95 Å². The Bertz CT molecular complexity index is 702. The maximum Gasteiger partial charge on any atom is 0.235 e. The van der Waals surface area contributed by atoms with Crippen molar-refractivity contribution >= 4 is 12.4 Å². The van der Waals surface area contributed by atoms with Gasteiger partial charge in [-0.15, -0.1) is 12.4 Å². The summed E-state index contributed by atoms with van der Waals surface area (Å²) in [5, 5.41) is 3.46. The number of hydrogen-bond acceptors (Lipinski definition) is 5. The number of nitrogens with one attached hydrogen (secondary N) is 1. The highest BCUT2D eigenvalue weighted by Gasteiger charge is 2.01. The number of pyridine rings is 1. The summed E-state index contributed by atoms with van der Waals surface area (Å²) in [5.74, 6) is 0.663. The number of imidazole rings is 1. The second-order valence-corrected chi connectivity index (χ2v) is 5.28. The minimum absolute atomic E-state index is 0. The lowest BCUT2D eigenvalue weighted by molar-refractivity contribution is 0.641. The van der Waals surface area contributed by atoms with Gasteiger partial charge in [0.25, 0.3) is 0 Å². The Morgan fingerprint density at radius 3 is 2.75 bits per heavy atom. The first kappa shape index (κ1) is 18.0. The highest BCUT2D eigenvalue weighted by Crippen LogP contribution is 2.02. The lowest BCUT2D eigenvalue weighted by Gasteiger charge is -2.06. The van der Waals surface area contributed by atoms with E-state index in [-0.39, 0.29) is 12.4 Å². The van der Waals surface area contributed by atoms with E-state index in [2.05, 4.69) is 31.3 Å². The number of aromatic nitrogens is 5. The molecule has 3 heterocycles. The SMILES string of the molecule is Cl.c1cncc(CCCNCCc2ccnc(-n3ccnc3)n2)c1. The van der Waals surface area contributed by atoms with Crippen molar-refractivity contribution in [3.8, 4) is 5.95 Å². The summed E-state index contributed by atoms with van der Waals surface area (Å²) in [6, 6.07) is 6.05. The molecule has 3 rings (SSSR count). The van der Waals surface area contributed by atoms with Gasteiger partial charge in [0.15, 0.2) is 0 Å². The van der Waals surface area contributed by atoms with E-state index < -0.39 is 0 Å². The Hall–Kier alpha value is -2.31. The zero-order valence-corrected chi connectivity index (χ0v) is 14.2. The molecule has 0 amide bonds. The monoisotopic (exact) mass is 344 g/mol. The van der Waals surface area contributed by atoms with Crippen molar-refractivity contribution in [3.63, 3.8) is 0 Å². The van der Waals surface area contributed by atoms with Gasteiger partial charge in [-0.25, -0.2) is 15.0 Å². The molecule has 0 radical (unpaired) electrons. The average Bonchev–Trinajstić information content (AvgIpc) is 3.14. The zero-order chi connectivity index (χ0) is 15.7. The van der Waals surface area contributed by atoms with Crippen LogP contribution in [0, 0.1) is 0 Å². The fourth-order valence-corrected chi connectivity index (χ4v) is 2.33. The van der Waals surface area contributed by atoms with Gasteiger partial charge in [-0.2, -0.15) is 0 Å². The summed E-state index contributed by atoms with van der Waals surface area (Å²) < 4.78 is 1.81. The van der Waals surface area contributed by atoms with Crippen LogP contribution in [0.4, 0.5) is 0 Å². The Morgan fingerprint density at radius 2 is 1.96 bits per heavy atom. The second-order valence-electron chi connectivity index (χ2n) is 5.28.